The molecule has 0 aromatic carbocycles. The SMILES string of the molecule is FC(F)(F)OCCC[N]([AlH2])CCOC(F)(F)F. The van der Waals surface area contributed by atoms with Gasteiger partial charge in [0.25, 0.3) is 0 Å². The second kappa shape index (κ2) is 7.43. The Morgan fingerprint density at radius 2 is 1.29 bits per heavy atom. The lowest BCUT2D eigenvalue weighted by molar-refractivity contribution is -0.326. The number of ether oxygens (including phenoxy) is 2. The van der Waals surface area contributed by atoms with E-state index in [0.717, 1.165) is 0 Å². The van der Waals surface area contributed by atoms with Gasteiger partial charge >= 0.3 is 29.2 Å². The van der Waals surface area contributed by atoms with Gasteiger partial charge in [-0.25, -0.2) is 0 Å². The Bertz CT molecular complexity index is 210. The minimum Gasteiger partial charge on any atom is -0.388 e. The number of alkyl halides is 6. The number of halogens is 6. The van der Waals surface area contributed by atoms with Crippen molar-refractivity contribution in [2.24, 2.45) is 0 Å². The summed E-state index contributed by atoms with van der Waals surface area (Å²) in [5.74, 6) is 0. The molecule has 0 aromatic rings. The zero-order valence-corrected chi connectivity index (χ0v) is 11.1. The first-order chi connectivity index (χ1) is 7.60. The van der Waals surface area contributed by atoms with Gasteiger partial charge in [-0.15, -0.1) is 26.3 Å². The molecule has 10 heteroatoms. The number of rotatable bonds is 7. The van der Waals surface area contributed by atoms with Crippen LogP contribution in [0.5, 0.6) is 0 Å². The van der Waals surface area contributed by atoms with Crippen LogP contribution in [0.4, 0.5) is 26.3 Å². The fourth-order valence-electron chi connectivity index (χ4n) is 0.951. The van der Waals surface area contributed by atoms with Gasteiger partial charge in [-0.05, 0) is 13.0 Å². The summed E-state index contributed by atoms with van der Waals surface area (Å²) in [7, 11) is 0. The molecule has 3 nitrogen and oxygen atoms in total. The van der Waals surface area contributed by atoms with Gasteiger partial charge in [-0.1, -0.05) is 0 Å². The lowest BCUT2D eigenvalue weighted by Crippen LogP contribution is -2.29. The maximum absolute atomic E-state index is 11.6. The number of hydrogen-bond donors (Lipinski definition) is 0. The summed E-state index contributed by atoms with van der Waals surface area (Å²) in [6.07, 6.45) is -9.22. The molecule has 0 aliphatic rings. The molecule has 0 amide bonds. The highest BCUT2D eigenvalue weighted by Gasteiger charge is 2.29. The Hall–Kier alpha value is -0.00753. The van der Waals surface area contributed by atoms with Crippen LogP contribution in [0.15, 0.2) is 0 Å². The van der Waals surface area contributed by atoms with Crippen LogP contribution in [0, 0.1) is 0 Å². The third-order valence-corrected chi connectivity index (χ3v) is 2.58. The van der Waals surface area contributed by atoms with Crippen LogP contribution < -0.4 is 0 Å². The van der Waals surface area contributed by atoms with Gasteiger partial charge in [0, 0.05) is 6.54 Å². The minimum atomic E-state index is -4.66. The zero-order valence-electron chi connectivity index (χ0n) is 9.07. The maximum Gasteiger partial charge on any atom is 0.522 e. The fourth-order valence-corrected chi connectivity index (χ4v) is 1.45. The summed E-state index contributed by atoms with van der Waals surface area (Å²) in [4.78, 5) is 0. The summed E-state index contributed by atoms with van der Waals surface area (Å²) in [6.45, 7) is -0.725. The summed E-state index contributed by atoms with van der Waals surface area (Å²) in [5, 5.41) is 0. The van der Waals surface area contributed by atoms with Crippen molar-refractivity contribution in [1.29, 1.82) is 0 Å². The zero-order chi connectivity index (χ0) is 13.5. The molecular formula is C7H12AlF6NO2. The van der Waals surface area contributed by atoms with Gasteiger partial charge in [0.15, 0.2) is 0 Å². The van der Waals surface area contributed by atoms with E-state index < -0.39 is 25.9 Å². The van der Waals surface area contributed by atoms with E-state index in [0.29, 0.717) is 16.5 Å². The predicted molar refractivity (Wildman–Crippen MR) is 48.7 cm³/mol. The van der Waals surface area contributed by atoms with Crippen molar-refractivity contribution in [3.8, 4) is 0 Å². The predicted octanol–water partition coefficient (Wildman–Crippen LogP) is 1.30. The van der Waals surface area contributed by atoms with E-state index >= 15 is 0 Å². The van der Waals surface area contributed by atoms with Crippen LogP contribution in [-0.4, -0.2) is 59.4 Å². The lowest BCUT2D eigenvalue weighted by Gasteiger charge is -2.18. The van der Waals surface area contributed by atoms with Crippen LogP contribution in [0.3, 0.4) is 0 Å². The topological polar surface area (TPSA) is 21.7 Å². The van der Waals surface area contributed by atoms with E-state index in [9.17, 15) is 26.3 Å². The van der Waals surface area contributed by atoms with Crippen molar-refractivity contribution in [3.05, 3.63) is 0 Å². The molecule has 0 bridgehead atoms. The molecule has 0 heterocycles. The lowest BCUT2D eigenvalue weighted by atomic mass is 10.4. The second-order valence-electron chi connectivity index (χ2n) is 3.25. The molecule has 0 radical (unpaired) electrons. The third-order valence-electron chi connectivity index (χ3n) is 1.69. The van der Waals surface area contributed by atoms with Crippen LogP contribution in [0.25, 0.3) is 0 Å². The molecule has 0 N–H and O–H groups in total. The van der Waals surface area contributed by atoms with E-state index in [-0.39, 0.29) is 19.5 Å². The van der Waals surface area contributed by atoms with E-state index in [4.69, 9.17) is 0 Å². The fraction of sp³-hybridized carbons (Fsp3) is 1.00. The van der Waals surface area contributed by atoms with Crippen molar-refractivity contribution < 1.29 is 35.8 Å². The molecule has 0 aromatic heterocycles. The highest BCUT2D eigenvalue weighted by atomic mass is 27.1. The van der Waals surface area contributed by atoms with Crippen LogP contribution >= 0.6 is 0 Å². The van der Waals surface area contributed by atoms with Crippen molar-refractivity contribution in [2.75, 3.05) is 26.3 Å². The first kappa shape index (κ1) is 17.0. The molecule has 0 fully saturated rings. The van der Waals surface area contributed by atoms with Gasteiger partial charge in [0.1, 0.15) is 0 Å². The summed E-state index contributed by atoms with van der Waals surface area (Å²) in [6, 6.07) is 0. The molecule has 0 rings (SSSR count). The molecule has 0 saturated heterocycles. The Morgan fingerprint density at radius 3 is 1.76 bits per heavy atom. The van der Waals surface area contributed by atoms with E-state index in [2.05, 4.69) is 9.47 Å². The van der Waals surface area contributed by atoms with Crippen molar-refractivity contribution in [3.63, 3.8) is 0 Å². The maximum atomic E-state index is 11.6. The van der Waals surface area contributed by atoms with Crippen molar-refractivity contribution in [2.45, 2.75) is 19.1 Å². The smallest absolute Gasteiger partial charge is 0.388 e. The Balaban J connectivity index is 3.44. The minimum absolute atomic E-state index is 0.0394. The molecule has 17 heavy (non-hydrogen) atoms. The normalized spacial score (nSPS) is 13.4. The largest absolute Gasteiger partial charge is 0.522 e. The van der Waals surface area contributed by atoms with Crippen molar-refractivity contribution in [1.82, 2.24) is 3.88 Å². The van der Waals surface area contributed by atoms with Gasteiger partial charge < -0.3 is 3.88 Å². The summed E-state index contributed by atoms with van der Waals surface area (Å²) in [5.41, 5.74) is 0. The van der Waals surface area contributed by atoms with Crippen molar-refractivity contribution >= 4 is 16.5 Å². The standard InChI is InChI=1S/C7H10F6NO2.Al.2H/c8-6(9,10)15-4-1-2-14-3-5-16-7(11,12)13;;;/h1-5H2;;;/q-1;+1;;. The van der Waals surface area contributed by atoms with E-state index in [1.807, 2.05) is 0 Å². The molecule has 0 unspecified atom stereocenters. The average Bonchev–Trinajstić information content (AvgIpc) is 2.09. The third kappa shape index (κ3) is 13.9. The first-order valence-corrected chi connectivity index (χ1v) is 5.59. The number of hydrogen-bond acceptors (Lipinski definition) is 3. The van der Waals surface area contributed by atoms with Crippen LogP contribution in [-0.2, 0) is 9.47 Å². The number of nitrogens with zero attached hydrogens (tertiary/aromatic N) is 1. The first-order valence-electron chi connectivity index (χ1n) is 4.70. The Labute approximate surface area is 102 Å². The van der Waals surface area contributed by atoms with Gasteiger partial charge in [0.05, 0.1) is 13.2 Å². The second-order valence-corrected chi connectivity index (χ2v) is 4.51. The van der Waals surface area contributed by atoms with Gasteiger partial charge in [0.2, 0.25) is 0 Å². The van der Waals surface area contributed by atoms with E-state index in [1.54, 1.807) is 3.88 Å². The summed E-state index contributed by atoms with van der Waals surface area (Å²) >= 11 is 0.445. The average molecular weight is 283 g/mol. The Kier molecular flexibility index (Phi) is 7.43. The van der Waals surface area contributed by atoms with E-state index in [1.165, 1.54) is 0 Å². The molecule has 0 aliphatic heterocycles. The van der Waals surface area contributed by atoms with Gasteiger partial charge in [-0.3, -0.25) is 9.47 Å². The highest BCUT2D eigenvalue weighted by molar-refractivity contribution is 6.04. The highest BCUT2D eigenvalue weighted by Crippen LogP contribution is 2.16. The molecule has 0 aliphatic carbocycles. The Morgan fingerprint density at radius 1 is 0.824 bits per heavy atom. The molecule has 0 saturated carbocycles. The molecule has 102 valence electrons. The van der Waals surface area contributed by atoms with Gasteiger partial charge in [-0.2, -0.15) is 0 Å². The monoisotopic (exact) mass is 283 g/mol. The molecule has 0 atom stereocenters. The van der Waals surface area contributed by atoms with Crippen LogP contribution in [0.2, 0.25) is 0 Å². The van der Waals surface area contributed by atoms with Crippen LogP contribution in [0.1, 0.15) is 6.42 Å². The quantitative estimate of drug-likeness (QED) is 0.399. The summed E-state index contributed by atoms with van der Waals surface area (Å²) < 4.78 is 77.9. The molecular weight excluding hydrogens is 271 g/mol. The molecule has 0 spiro atoms.